The Morgan fingerprint density at radius 2 is 1.20 bits per heavy atom. The van der Waals surface area contributed by atoms with Gasteiger partial charge >= 0.3 is 5.97 Å². The third-order valence-electron chi connectivity index (χ3n) is 7.05. The monoisotopic (exact) mass is 476 g/mol. The number of hydrogen-bond donors (Lipinski definition) is 1. The van der Waals surface area contributed by atoms with Crippen molar-refractivity contribution in [1.29, 1.82) is 0 Å². The average Bonchev–Trinajstić information content (AvgIpc) is 2.87. The number of carbonyl (C=O) groups is 1. The maximum atomic E-state index is 10.7. The molecule has 0 heterocycles. The van der Waals surface area contributed by atoms with E-state index >= 15 is 0 Å². The van der Waals surface area contributed by atoms with Gasteiger partial charge in [-0.25, -0.2) is 0 Å². The van der Waals surface area contributed by atoms with Crippen LogP contribution in [0.4, 0.5) is 0 Å². The standard InChI is InChI=1S/C32H44O3/c1-2-3-4-5-8-11-20-28(21-12-9-6-7-10-13-24-31(33)34)35-32-29-22-16-14-18-26(29)25-27-19-15-17-23-30(27)32/h14-19,22-23,25,28H,2-13,20-21,24H2,1H3,(H,33,34). The molecule has 3 aromatic carbocycles. The number of hydrogen-bond acceptors (Lipinski definition) is 2. The Hall–Kier alpha value is -2.55. The number of rotatable bonds is 18. The maximum absolute atomic E-state index is 10.7. The zero-order valence-electron chi connectivity index (χ0n) is 21.6. The third kappa shape index (κ3) is 9.20. The second-order valence-corrected chi connectivity index (χ2v) is 10.00. The molecule has 0 aromatic heterocycles. The Morgan fingerprint density at radius 1 is 0.714 bits per heavy atom. The summed E-state index contributed by atoms with van der Waals surface area (Å²) in [6.45, 7) is 2.27. The third-order valence-corrected chi connectivity index (χ3v) is 7.05. The van der Waals surface area contributed by atoms with Crippen LogP contribution in [-0.2, 0) is 4.79 Å². The summed E-state index contributed by atoms with van der Waals surface area (Å²) in [6.07, 6.45) is 17.0. The molecule has 3 heteroatoms. The molecule has 3 rings (SSSR count). The van der Waals surface area contributed by atoms with Gasteiger partial charge in [0, 0.05) is 17.2 Å². The Kier molecular flexibility index (Phi) is 11.9. The van der Waals surface area contributed by atoms with E-state index in [1.165, 1.54) is 79.3 Å². The SMILES string of the molecule is CCCCCCCCC(CCCCCCCCC(=O)O)Oc1c2ccccc2cc2ccccc12. The number of unbranched alkanes of at least 4 members (excludes halogenated alkanes) is 10. The van der Waals surface area contributed by atoms with Crippen LogP contribution in [0.25, 0.3) is 21.5 Å². The molecule has 1 unspecified atom stereocenters. The molecule has 3 aromatic rings. The molecule has 190 valence electrons. The Morgan fingerprint density at radius 3 is 1.74 bits per heavy atom. The number of fused-ring (bicyclic) bond motifs is 2. The summed E-state index contributed by atoms with van der Waals surface area (Å²) in [7, 11) is 0. The lowest BCUT2D eigenvalue weighted by molar-refractivity contribution is -0.137. The smallest absolute Gasteiger partial charge is 0.303 e. The molecule has 0 saturated heterocycles. The van der Waals surface area contributed by atoms with Gasteiger partial charge in [0.25, 0.3) is 0 Å². The molecule has 0 saturated carbocycles. The van der Waals surface area contributed by atoms with E-state index in [4.69, 9.17) is 9.84 Å². The van der Waals surface area contributed by atoms with Gasteiger partial charge in [-0.3, -0.25) is 4.79 Å². The second-order valence-electron chi connectivity index (χ2n) is 10.00. The zero-order valence-corrected chi connectivity index (χ0v) is 21.6. The van der Waals surface area contributed by atoms with Crippen LogP contribution in [0.2, 0.25) is 0 Å². The van der Waals surface area contributed by atoms with Gasteiger partial charge in [0.15, 0.2) is 0 Å². The molecule has 0 bridgehead atoms. The molecule has 0 aliphatic carbocycles. The van der Waals surface area contributed by atoms with Crippen LogP contribution in [-0.4, -0.2) is 17.2 Å². The molecule has 1 N–H and O–H groups in total. The van der Waals surface area contributed by atoms with Gasteiger partial charge in [-0.05, 0) is 48.9 Å². The van der Waals surface area contributed by atoms with E-state index in [1.54, 1.807) is 0 Å². The van der Waals surface area contributed by atoms with Crippen molar-refractivity contribution in [2.75, 3.05) is 0 Å². The first-order valence-electron chi connectivity index (χ1n) is 14.0. The fourth-order valence-electron chi connectivity index (χ4n) is 5.04. The Bertz CT molecular complexity index is 972. The van der Waals surface area contributed by atoms with E-state index in [1.807, 2.05) is 0 Å². The first-order chi connectivity index (χ1) is 17.2. The lowest BCUT2D eigenvalue weighted by Gasteiger charge is -2.22. The van der Waals surface area contributed by atoms with Gasteiger partial charge in [0.05, 0.1) is 6.10 Å². The van der Waals surface area contributed by atoms with Crippen LogP contribution in [0.15, 0.2) is 54.6 Å². The number of benzene rings is 3. The van der Waals surface area contributed by atoms with Crippen LogP contribution >= 0.6 is 0 Å². The average molecular weight is 477 g/mol. The van der Waals surface area contributed by atoms with E-state index in [-0.39, 0.29) is 6.10 Å². The normalized spacial score (nSPS) is 12.3. The molecule has 0 spiro atoms. The van der Waals surface area contributed by atoms with Gasteiger partial charge in [-0.15, -0.1) is 0 Å². The molecule has 0 amide bonds. The van der Waals surface area contributed by atoms with Crippen molar-refractivity contribution in [3.05, 3.63) is 54.6 Å². The molecule has 0 fully saturated rings. The van der Waals surface area contributed by atoms with E-state index in [0.717, 1.165) is 37.9 Å². The zero-order chi connectivity index (χ0) is 24.7. The first kappa shape index (κ1) is 27.0. The highest BCUT2D eigenvalue weighted by atomic mass is 16.5. The summed E-state index contributed by atoms with van der Waals surface area (Å²) in [6, 6.07) is 19.4. The van der Waals surface area contributed by atoms with Crippen molar-refractivity contribution in [1.82, 2.24) is 0 Å². The Labute approximate surface area is 211 Å². The second kappa shape index (κ2) is 15.4. The summed E-state index contributed by atoms with van der Waals surface area (Å²) < 4.78 is 6.87. The molecular weight excluding hydrogens is 432 g/mol. The molecule has 1 atom stereocenters. The minimum absolute atomic E-state index is 0.238. The lowest BCUT2D eigenvalue weighted by Crippen LogP contribution is -2.17. The number of carboxylic acid groups (broad SMARTS) is 1. The number of aliphatic carboxylic acids is 1. The van der Waals surface area contributed by atoms with E-state index in [0.29, 0.717) is 6.42 Å². The lowest BCUT2D eigenvalue weighted by atomic mass is 10.00. The van der Waals surface area contributed by atoms with Gasteiger partial charge < -0.3 is 9.84 Å². The minimum atomic E-state index is -0.680. The minimum Gasteiger partial charge on any atom is -0.489 e. The van der Waals surface area contributed by atoms with E-state index in [2.05, 4.69) is 61.5 Å². The summed E-state index contributed by atoms with van der Waals surface area (Å²) in [5.41, 5.74) is 0. The maximum Gasteiger partial charge on any atom is 0.303 e. The van der Waals surface area contributed by atoms with Crippen LogP contribution in [0, 0.1) is 0 Å². The summed E-state index contributed by atoms with van der Waals surface area (Å²) in [5.74, 6) is 0.365. The van der Waals surface area contributed by atoms with Crippen molar-refractivity contribution in [3.8, 4) is 5.75 Å². The topological polar surface area (TPSA) is 46.5 Å². The van der Waals surface area contributed by atoms with Crippen molar-refractivity contribution in [2.24, 2.45) is 0 Å². The van der Waals surface area contributed by atoms with E-state index in [9.17, 15) is 4.79 Å². The highest BCUT2D eigenvalue weighted by Gasteiger charge is 2.15. The molecule has 0 radical (unpaired) electrons. The van der Waals surface area contributed by atoms with Crippen molar-refractivity contribution < 1.29 is 14.6 Å². The first-order valence-corrected chi connectivity index (χ1v) is 14.0. The molecule has 35 heavy (non-hydrogen) atoms. The van der Waals surface area contributed by atoms with Gasteiger partial charge in [0.1, 0.15) is 5.75 Å². The predicted molar refractivity (Wildman–Crippen MR) is 148 cm³/mol. The highest BCUT2D eigenvalue weighted by molar-refractivity contribution is 6.05. The summed E-state index contributed by atoms with van der Waals surface area (Å²) in [5, 5.41) is 13.7. The van der Waals surface area contributed by atoms with Gasteiger partial charge in [-0.1, -0.05) is 113 Å². The molecule has 0 aliphatic heterocycles. The van der Waals surface area contributed by atoms with Gasteiger partial charge in [0.2, 0.25) is 0 Å². The predicted octanol–water partition coefficient (Wildman–Crippen LogP) is 9.70. The molecular formula is C32H44O3. The van der Waals surface area contributed by atoms with Crippen LogP contribution in [0.3, 0.4) is 0 Å². The summed E-state index contributed by atoms with van der Waals surface area (Å²) >= 11 is 0. The van der Waals surface area contributed by atoms with Crippen molar-refractivity contribution in [3.63, 3.8) is 0 Å². The van der Waals surface area contributed by atoms with Crippen LogP contribution in [0.1, 0.15) is 103 Å². The molecule has 3 nitrogen and oxygen atoms in total. The fourth-order valence-corrected chi connectivity index (χ4v) is 5.04. The largest absolute Gasteiger partial charge is 0.489 e. The number of carboxylic acids is 1. The molecule has 0 aliphatic rings. The number of ether oxygens (including phenoxy) is 1. The van der Waals surface area contributed by atoms with Crippen LogP contribution < -0.4 is 4.74 Å². The Balaban J connectivity index is 1.62. The van der Waals surface area contributed by atoms with Crippen molar-refractivity contribution >= 4 is 27.5 Å². The fraction of sp³-hybridized carbons (Fsp3) is 0.531. The quantitative estimate of drug-likeness (QED) is 0.147. The highest BCUT2D eigenvalue weighted by Crippen LogP contribution is 2.36. The van der Waals surface area contributed by atoms with Gasteiger partial charge in [-0.2, -0.15) is 0 Å². The summed E-state index contributed by atoms with van der Waals surface area (Å²) in [4.78, 5) is 10.7. The van der Waals surface area contributed by atoms with Crippen LogP contribution in [0.5, 0.6) is 5.75 Å². The van der Waals surface area contributed by atoms with Crippen molar-refractivity contribution in [2.45, 2.75) is 109 Å². The van der Waals surface area contributed by atoms with E-state index < -0.39 is 5.97 Å².